The van der Waals surface area contributed by atoms with E-state index in [1.807, 2.05) is 0 Å². The summed E-state index contributed by atoms with van der Waals surface area (Å²) in [7, 11) is 0. The van der Waals surface area contributed by atoms with Crippen LogP contribution in [0, 0.1) is 5.41 Å². The second kappa shape index (κ2) is 3.76. The number of hydrogen-bond donors (Lipinski definition) is 1. The highest BCUT2D eigenvalue weighted by Gasteiger charge is 2.19. The highest BCUT2D eigenvalue weighted by Crippen LogP contribution is 2.23. The van der Waals surface area contributed by atoms with Gasteiger partial charge in [0.25, 0.3) is 0 Å². The van der Waals surface area contributed by atoms with Gasteiger partial charge in [0.1, 0.15) is 0 Å². The molecule has 0 aliphatic rings. The topological polar surface area (TPSA) is 12.0 Å². The highest BCUT2D eigenvalue weighted by atomic mass is 127. The van der Waals surface area contributed by atoms with Crippen molar-refractivity contribution < 1.29 is 0 Å². The Labute approximate surface area is 71.7 Å². The molecule has 0 spiro atoms. The fourth-order valence-electron chi connectivity index (χ4n) is 0.485. The van der Waals surface area contributed by atoms with Crippen LogP contribution in [0.15, 0.2) is 0 Å². The van der Waals surface area contributed by atoms with Crippen LogP contribution in [0.4, 0.5) is 0 Å². The van der Waals surface area contributed by atoms with Gasteiger partial charge in [-0.3, -0.25) is 0 Å². The molecule has 1 N–H and O–H groups in total. The number of halogens is 1. The largest absolute Gasteiger partial charge is 0.305 e. The summed E-state index contributed by atoms with van der Waals surface area (Å²) in [6, 6.07) is 0. The quantitative estimate of drug-likeness (QED) is 0.444. The van der Waals surface area contributed by atoms with Gasteiger partial charge < -0.3 is 5.32 Å². The third kappa shape index (κ3) is 4.14. The predicted molar refractivity (Wildman–Crippen MR) is 50.9 cm³/mol. The summed E-state index contributed by atoms with van der Waals surface area (Å²) < 4.78 is 0.583. The first-order valence-corrected chi connectivity index (χ1v) is 4.60. The van der Waals surface area contributed by atoms with E-state index in [0.717, 1.165) is 6.54 Å². The van der Waals surface area contributed by atoms with Crippen molar-refractivity contribution in [3.63, 3.8) is 0 Å². The maximum Gasteiger partial charge on any atom is 0.0642 e. The summed E-state index contributed by atoms with van der Waals surface area (Å²) in [5.41, 5.74) is 0.385. The molecule has 1 atom stereocenters. The van der Waals surface area contributed by atoms with Crippen LogP contribution in [0.2, 0.25) is 0 Å². The van der Waals surface area contributed by atoms with Crippen molar-refractivity contribution in [1.82, 2.24) is 5.32 Å². The third-order valence-electron chi connectivity index (χ3n) is 1.14. The molecule has 0 aromatic heterocycles. The zero-order valence-electron chi connectivity index (χ0n) is 6.66. The second-order valence-electron chi connectivity index (χ2n) is 3.29. The zero-order chi connectivity index (χ0) is 7.49. The fourth-order valence-corrected chi connectivity index (χ4v) is 0.926. The van der Waals surface area contributed by atoms with Gasteiger partial charge in [-0.2, -0.15) is 0 Å². The Kier molecular flexibility index (Phi) is 4.05. The summed E-state index contributed by atoms with van der Waals surface area (Å²) in [6.07, 6.45) is 0. The Morgan fingerprint density at radius 2 is 1.89 bits per heavy atom. The zero-order valence-corrected chi connectivity index (χ0v) is 8.82. The van der Waals surface area contributed by atoms with Crippen molar-refractivity contribution >= 4 is 22.6 Å². The lowest BCUT2D eigenvalue weighted by atomic mass is 9.97. The lowest BCUT2D eigenvalue weighted by Crippen LogP contribution is -2.34. The van der Waals surface area contributed by atoms with Crippen molar-refractivity contribution in [2.75, 3.05) is 6.54 Å². The van der Waals surface area contributed by atoms with Gasteiger partial charge in [0.15, 0.2) is 0 Å². The smallest absolute Gasteiger partial charge is 0.0642 e. The van der Waals surface area contributed by atoms with Crippen LogP contribution < -0.4 is 5.32 Å². The fraction of sp³-hybridized carbons (Fsp3) is 1.00. The molecule has 0 saturated heterocycles. The molecule has 0 radical (unpaired) electrons. The molecule has 1 unspecified atom stereocenters. The van der Waals surface area contributed by atoms with Crippen LogP contribution in [-0.2, 0) is 0 Å². The van der Waals surface area contributed by atoms with Crippen LogP contribution >= 0.6 is 22.6 Å². The Hall–Kier alpha value is 0.690. The van der Waals surface area contributed by atoms with Crippen LogP contribution in [0.1, 0.15) is 27.7 Å². The van der Waals surface area contributed by atoms with Gasteiger partial charge in [-0.05, 0) is 12.0 Å². The first-order chi connectivity index (χ1) is 3.98. The van der Waals surface area contributed by atoms with Gasteiger partial charge in [-0.25, -0.2) is 0 Å². The molecule has 9 heavy (non-hydrogen) atoms. The number of nitrogens with one attached hydrogen (secondary N) is 1. The molecule has 0 rings (SSSR count). The third-order valence-corrected chi connectivity index (χ3v) is 3.45. The minimum Gasteiger partial charge on any atom is -0.305 e. The molecule has 0 aliphatic heterocycles. The maximum atomic E-state index is 3.37. The van der Waals surface area contributed by atoms with Gasteiger partial charge >= 0.3 is 0 Å². The van der Waals surface area contributed by atoms with E-state index >= 15 is 0 Å². The molecule has 1 nitrogen and oxygen atoms in total. The second-order valence-corrected chi connectivity index (χ2v) is 4.53. The van der Waals surface area contributed by atoms with Gasteiger partial charge in [0, 0.05) is 0 Å². The van der Waals surface area contributed by atoms with Crippen LogP contribution in [0.3, 0.4) is 0 Å². The summed E-state index contributed by atoms with van der Waals surface area (Å²) in [5, 5.41) is 3.37. The Morgan fingerprint density at radius 1 is 1.44 bits per heavy atom. The molecular weight excluding hydrogens is 225 g/mol. The lowest BCUT2D eigenvalue weighted by Gasteiger charge is -2.25. The first kappa shape index (κ1) is 9.69. The van der Waals surface area contributed by atoms with E-state index < -0.39 is 0 Å². The summed E-state index contributed by atoms with van der Waals surface area (Å²) in [5.74, 6) is 0. The Bertz CT molecular complexity index is 75.5. The summed E-state index contributed by atoms with van der Waals surface area (Å²) in [4.78, 5) is 0. The van der Waals surface area contributed by atoms with Crippen molar-refractivity contribution in [3.05, 3.63) is 0 Å². The van der Waals surface area contributed by atoms with Gasteiger partial charge in [0.2, 0.25) is 0 Å². The predicted octanol–water partition coefficient (Wildman–Crippen LogP) is 2.40. The molecule has 0 bridgehead atoms. The van der Waals surface area contributed by atoms with Gasteiger partial charge in [-0.1, -0.05) is 50.3 Å². The van der Waals surface area contributed by atoms with Gasteiger partial charge in [0.05, 0.1) is 4.05 Å². The Morgan fingerprint density at radius 3 is 2.00 bits per heavy atom. The number of hydrogen-bond acceptors (Lipinski definition) is 1. The van der Waals surface area contributed by atoms with E-state index in [-0.39, 0.29) is 0 Å². The van der Waals surface area contributed by atoms with Crippen molar-refractivity contribution in [1.29, 1.82) is 0 Å². The van der Waals surface area contributed by atoms with E-state index in [4.69, 9.17) is 0 Å². The van der Waals surface area contributed by atoms with Crippen molar-refractivity contribution in [2.45, 2.75) is 31.7 Å². The van der Waals surface area contributed by atoms with Gasteiger partial charge in [-0.15, -0.1) is 0 Å². The molecular formula is C7H16IN. The summed E-state index contributed by atoms with van der Waals surface area (Å²) >= 11 is 2.44. The van der Waals surface area contributed by atoms with E-state index in [0.29, 0.717) is 9.46 Å². The van der Waals surface area contributed by atoms with Crippen molar-refractivity contribution in [3.8, 4) is 0 Å². The number of alkyl halides is 1. The maximum absolute atomic E-state index is 3.37. The standard InChI is InChI=1S/C7H16IN/c1-5-9-6(8)7(2,3)4/h6,9H,5H2,1-4H3. The molecule has 0 heterocycles. The van der Waals surface area contributed by atoms with Crippen molar-refractivity contribution in [2.24, 2.45) is 5.41 Å². The molecule has 0 saturated carbocycles. The SMILES string of the molecule is CCNC(I)C(C)(C)C. The molecule has 0 fully saturated rings. The first-order valence-electron chi connectivity index (χ1n) is 3.36. The van der Waals surface area contributed by atoms with E-state index in [1.54, 1.807) is 0 Å². The van der Waals surface area contributed by atoms with E-state index in [1.165, 1.54) is 0 Å². The molecule has 0 amide bonds. The molecule has 0 aliphatic carbocycles. The minimum atomic E-state index is 0.385. The molecule has 2 heteroatoms. The normalized spacial score (nSPS) is 15.7. The van der Waals surface area contributed by atoms with E-state index in [9.17, 15) is 0 Å². The lowest BCUT2D eigenvalue weighted by molar-refractivity contribution is 0.368. The average Bonchev–Trinajstić information content (AvgIpc) is 1.64. The monoisotopic (exact) mass is 241 g/mol. The average molecular weight is 241 g/mol. The molecule has 0 aromatic carbocycles. The number of rotatable bonds is 2. The molecule has 0 aromatic rings. The highest BCUT2D eigenvalue weighted by molar-refractivity contribution is 14.1. The van der Waals surface area contributed by atoms with E-state index in [2.05, 4.69) is 55.6 Å². The van der Waals surface area contributed by atoms with Crippen LogP contribution in [0.25, 0.3) is 0 Å². The van der Waals surface area contributed by atoms with Crippen LogP contribution in [0.5, 0.6) is 0 Å². The minimum absolute atomic E-state index is 0.385. The Balaban J connectivity index is 3.59. The van der Waals surface area contributed by atoms with Crippen LogP contribution in [-0.4, -0.2) is 10.6 Å². The molecule has 56 valence electrons. The summed E-state index contributed by atoms with van der Waals surface area (Å²) in [6.45, 7) is 9.93.